The van der Waals surface area contributed by atoms with Crippen molar-refractivity contribution < 1.29 is 57.0 Å². The highest BCUT2D eigenvalue weighted by atomic mass is 32.2. The van der Waals surface area contributed by atoms with E-state index in [0.29, 0.717) is 65.1 Å². The van der Waals surface area contributed by atoms with E-state index in [0.717, 1.165) is 22.3 Å². The molecule has 4 bridgehead atoms. The van der Waals surface area contributed by atoms with E-state index in [2.05, 4.69) is 27.3 Å². The van der Waals surface area contributed by atoms with Crippen LogP contribution in [0.3, 0.4) is 0 Å². The van der Waals surface area contributed by atoms with E-state index >= 15 is 0 Å². The Balaban J connectivity index is 1.29. The Morgan fingerprint density at radius 1 is 1.02 bits per heavy atom. The number of thioether (sulfide) groups is 1. The molecule has 1 N–H and O–H groups in total. The van der Waals surface area contributed by atoms with Crippen molar-refractivity contribution >= 4 is 29.8 Å². The number of esters is 2. The fraction of sp³-hybridized carbons (Fsp3) is 0.488. The fourth-order valence-corrected chi connectivity index (χ4v) is 10.9. The van der Waals surface area contributed by atoms with E-state index in [1.54, 1.807) is 14.2 Å². The normalized spacial score (nSPS) is 25.1. The first-order valence-electron chi connectivity index (χ1n) is 19.8. The van der Waals surface area contributed by atoms with E-state index < -0.39 is 53.5 Å². The number of carbonyl (C=O) groups is 3. The molecule has 0 aromatic heterocycles. The number of aryl methyl sites for hydroxylation is 1. The van der Waals surface area contributed by atoms with Crippen molar-refractivity contribution in [1.82, 2.24) is 15.1 Å². The fourth-order valence-electron chi connectivity index (χ4n) is 9.40. The number of ether oxygens (including phenoxy) is 9. The lowest BCUT2D eigenvalue weighted by Crippen LogP contribution is -2.69. The molecule has 0 spiro atoms. The van der Waals surface area contributed by atoms with Crippen LogP contribution in [0.2, 0.25) is 0 Å². The number of likely N-dealkylation sites (N-methyl/N-ethyl adjacent to an activating group) is 1. The molecule has 60 heavy (non-hydrogen) atoms. The maximum atomic E-state index is 14.0. The smallest absolute Gasteiger partial charge is 0.408 e. The topological polar surface area (TPSA) is 177 Å². The molecule has 3 aromatic carbocycles. The van der Waals surface area contributed by atoms with Crippen molar-refractivity contribution in [3.05, 3.63) is 75.3 Å². The second kappa shape index (κ2) is 17.4. The van der Waals surface area contributed by atoms with Crippen molar-refractivity contribution in [1.29, 1.82) is 5.26 Å². The average molecular weight is 845 g/mol. The predicted octanol–water partition coefficient (Wildman–Crippen LogP) is 4.82. The number of carbonyl (C=O) groups excluding carboxylic acids is 3. The third-order valence-corrected chi connectivity index (χ3v) is 13.3. The van der Waals surface area contributed by atoms with Gasteiger partial charge in [-0.2, -0.15) is 5.26 Å². The predicted molar refractivity (Wildman–Crippen MR) is 215 cm³/mol. The average Bonchev–Trinajstić information content (AvgIpc) is 3.73. The number of fused-ring (bicyclic) bond motifs is 10. The standard InChI is InChI=1S/C43H48N4O12S/c1-22-14-26-15-28-29(16-44)47-30-18-54-42(49)27(45-43(50)55-17-25-10-8-7-9-11-25)19-60-41(33-32(30)40-38(57-21-58-40)23(2)37(33)59-24(3)48)35(47)34(46(28)4)31(26)39(36(22)52-6)56-20-53-13-12-51-5/h7-11,14,27-30,34-35,41H,12-13,15,17-21H2,1-6H3,(H,45,50)/t27-,28-,29-,30+,34-,35?,41+/m0/s1. The third kappa shape index (κ3) is 7.34. The molecule has 9 rings (SSSR count). The van der Waals surface area contributed by atoms with Crippen LogP contribution in [0, 0.1) is 25.2 Å². The molecule has 0 radical (unpaired) electrons. The van der Waals surface area contributed by atoms with Crippen LogP contribution < -0.4 is 29.0 Å². The lowest BCUT2D eigenvalue weighted by molar-refractivity contribution is -0.151. The lowest BCUT2D eigenvalue weighted by Gasteiger charge is -2.61. The van der Waals surface area contributed by atoms with Gasteiger partial charge in [0, 0.05) is 54.1 Å². The summed E-state index contributed by atoms with van der Waals surface area (Å²) in [5.74, 6) is 1.06. The Morgan fingerprint density at radius 2 is 1.80 bits per heavy atom. The first-order valence-corrected chi connectivity index (χ1v) is 20.8. The summed E-state index contributed by atoms with van der Waals surface area (Å²) in [7, 11) is 5.21. The van der Waals surface area contributed by atoms with E-state index in [1.807, 2.05) is 51.2 Å². The summed E-state index contributed by atoms with van der Waals surface area (Å²) < 4.78 is 53.5. The molecule has 6 heterocycles. The zero-order valence-electron chi connectivity index (χ0n) is 34.3. The van der Waals surface area contributed by atoms with Crippen LogP contribution in [0.5, 0.6) is 28.7 Å². The number of piperazine rings is 1. The molecule has 3 aromatic rings. The van der Waals surface area contributed by atoms with E-state index in [1.165, 1.54) is 18.7 Å². The molecule has 16 nitrogen and oxygen atoms in total. The Morgan fingerprint density at radius 3 is 2.53 bits per heavy atom. The van der Waals surface area contributed by atoms with Gasteiger partial charge in [0.25, 0.3) is 0 Å². The third-order valence-electron chi connectivity index (χ3n) is 11.9. The molecule has 318 valence electrons. The van der Waals surface area contributed by atoms with Gasteiger partial charge in [-0.05, 0) is 44.0 Å². The number of hydrogen-bond donors (Lipinski definition) is 1. The largest absolute Gasteiger partial charge is 0.493 e. The van der Waals surface area contributed by atoms with Crippen molar-refractivity contribution in [2.45, 2.75) is 75.3 Å². The van der Waals surface area contributed by atoms with Crippen molar-refractivity contribution in [3.8, 4) is 34.8 Å². The van der Waals surface area contributed by atoms with Crippen LogP contribution in [0.25, 0.3) is 0 Å². The molecule has 2 saturated heterocycles. The van der Waals surface area contributed by atoms with Crippen molar-refractivity contribution in [2.24, 2.45) is 0 Å². The van der Waals surface area contributed by atoms with Crippen LogP contribution in [0.4, 0.5) is 4.79 Å². The first kappa shape index (κ1) is 41.5. The summed E-state index contributed by atoms with van der Waals surface area (Å²) >= 11 is 1.38. The molecule has 1 amide bonds. The first-order chi connectivity index (χ1) is 29.1. The van der Waals surface area contributed by atoms with Gasteiger partial charge >= 0.3 is 18.0 Å². The molecule has 2 fully saturated rings. The molecule has 0 aliphatic carbocycles. The van der Waals surface area contributed by atoms with E-state index in [4.69, 9.17) is 42.6 Å². The lowest BCUT2D eigenvalue weighted by atomic mass is 9.71. The summed E-state index contributed by atoms with van der Waals surface area (Å²) in [4.78, 5) is 44.6. The van der Waals surface area contributed by atoms with Gasteiger partial charge in [0.15, 0.2) is 29.8 Å². The summed E-state index contributed by atoms with van der Waals surface area (Å²) in [6, 6.07) is 10.1. The summed E-state index contributed by atoms with van der Waals surface area (Å²) in [6.07, 6.45) is -0.276. The van der Waals surface area contributed by atoms with Gasteiger partial charge in [-0.3, -0.25) is 14.6 Å². The number of rotatable bonds is 11. The molecule has 0 saturated carbocycles. The van der Waals surface area contributed by atoms with Crippen molar-refractivity contribution in [3.63, 3.8) is 0 Å². The number of amides is 1. The number of methoxy groups -OCH3 is 2. The minimum Gasteiger partial charge on any atom is -0.493 e. The van der Waals surface area contributed by atoms with Gasteiger partial charge in [0.05, 0.1) is 43.7 Å². The van der Waals surface area contributed by atoms with Gasteiger partial charge in [-0.15, -0.1) is 11.8 Å². The molecular weight excluding hydrogens is 797 g/mol. The SMILES string of the molecule is COCCOCOc1c(OC)c(C)cc2c1[C@H]1C3[C@@H]4SC[C@H](NC(=O)OCc5ccccc5)C(=O)OC[C@H](c5c6c(c(C)c(OC(C)=O)c54)OCO6)N3[C@@H](C#N)[C@H](C2)N1C. The monoisotopic (exact) mass is 844 g/mol. The Hall–Kier alpha value is -5.25. The maximum absolute atomic E-state index is 14.0. The molecule has 1 unspecified atom stereocenters. The van der Waals surface area contributed by atoms with Crippen LogP contribution in [0.15, 0.2) is 36.4 Å². The quantitative estimate of drug-likeness (QED) is 0.120. The molecule has 17 heteroatoms. The number of nitrogens with zero attached hydrogens (tertiary/aromatic N) is 3. The highest BCUT2D eigenvalue weighted by Gasteiger charge is 2.61. The Bertz CT molecular complexity index is 2200. The zero-order valence-corrected chi connectivity index (χ0v) is 35.1. The second-order valence-corrected chi connectivity index (χ2v) is 16.5. The van der Waals surface area contributed by atoms with Gasteiger partial charge in [-0.25, -0.2) is 9.59 Å². The highest BCUT2D eigenvalue weighted by Crippen LogP contribution is 2.64. The number of nitriles is 1. The van der Waals surface area contributed by atoms with E-state index in [-0.39, 0.29) is 38.6 Å². The second-order valence-electron chi connectivity index (χ2n) is 15.3. The minimum atomic E-state index is -1.12. The molecule has 6 aliphatic heterocycles. The molecule has 6 aliphatic rings. The van der Waals surface area contributed by atoms with Gasteiger partial charge in [0.2, 0.25) is 6.79 Å². The summed E-state index contributed by atoms with van der Waals surface area (Å²) in [5.41, 5.74) is 5.36. The van der Waals surface area contributed by atoms with Gasteiger partial charge in [-0.1, -0.05) is 36.4 Å². The number of hydrogen-bond acceptors (Lipinski definition) is 16. The Kier molecular flexibility index (Phi) is 12.0. The summed E-state index contributed by atoms with van der Waals surface area (Å²) in [6.45, 7) is 5.45. The number of benzene rings is 3. The molecule has 7 atom stereocenters. The summed E-state index contributed by atoms with van der Waals surface area (Å²) in [5, 5.41) is 13.3. The Labute approximate surface area is 352 Å². The van der Waals surface area contributed by atoms with Crippen LogP contribution in [0.1, 0.15) is 63.2 Å². The highest BCUT2D eigenvalue weighted by molar-refractivity contribution is 7.99. The van der Waals surface area contributed by atoms with Gasteiger partial charge in [0.1, 0.15) is 31.0 Å². The molecular formula is C43H48N4O12S. The minimum absolute atomic E-state index is 0.00377. The zero-order chi connectivity index (χ0) is 42.2. The van der Waals surface area contributed by atoms with Crippen LogP contribution >= 0.6 is 11.8 Å². The maximum Gasteiger partial charge on any atom is 0.408 e. The van der Waals surface area contributed by atoms with Crippen molar-refractivity contribution in [2.75, 3.05) is 60.4 Å². The van der Waals surface area contributed by atoms with Crippen LogP contribution in [-0.4, -0.2) is 112 Å². The number of nitrogens with one attached hydrogen (secondary N) is 1. The van der Waals surface area contributed by atoms with E-state index in [9.17, 15) is 19.6 Å². The number of alkyl carbamates (subject to hydrolysis) is 1. The van der Waals surface area contributed by atoms with Crippen LogP contribution in [-0.2, 0) is 41.6 Å². The van der Waals surface area contributed by atoms with Gasteiger partial charge < -0.3 is 47.9 Å².